The van der Waals surface area contributed by atoms with Gasteiger partial charge in [0, 0.05) is 6.42 Å². The van der Waals surface area contributed by atoms with Gasteiger partial charge in [0.15, 0.2) is 0 Å². The predicted octanol–water partition coefficient (Wildman–Crippen LogP) is 1.90. The average Bonchev–Trinajstić information content (AvgIpc) is 2.89. The van der Waals surface area contributed by atoms with Gasteiger partial charge in [0.25, 0.3) is 0 Å². The van der Waals surface area contributed by atoms with Crippen LogP contribution in [0.15, 0.2) is 5.51 Å². The SMILES string of the molecule is O=C(O)CC1(CC(=O)Nc2nncs2)CCCC1. The highest BCUT2D eigenvalue weighted by Gasteiger charge is 2.38. The molecule has 1 aromatic heterocycles. The number of carboxylic acids is 1. The van der Waals surface area contributed by atoms with E-state index < -0.39 is 5.97 Å². The number of hydrogen-bond donors (Lipinski definition) is 2. The van der Waals surface area contributed by atoms with Gasteiger partial charge >= 0.3 is 5.97 Å². The van der Waals surface area contributed by atoms with Crippen LogP contribution in [0.1, 0.15) is 38.5 Å². The van der Waals surface area contributed by atoms with Gasteiger partial charge in [0.2, 0.25) is 11.0 Å². The van der Waals surface area contributed by atoms with Crippen LogP contribution in [0.5, 0.6) is 0 Å². The third-order valence-corrected chi connectivity index (χ3v) is 3.94. The Morgan fingerprint density at radius 3 is 2.67 bits per heavy atom. The molecule has 0 saturated heterocycles. The smallest absolute Gasteiger partial charge is 0.303 e. The van der Waals surface area contributed by atoms with Gasteiger partial charge in [0.1, 0.15) is 5.51 Å². The van der Waals surface area contributed by atoms with Gasteiger partial charge in [-0.1, -0.05) is 24.2 Å². The molecule has 0 spiro atoms. The van der Waals surface area contributed by atoms with E-state index in [1.165, 1.54) is 16.8 Å². The van der Waals surface area contributed by atoms with E-state index in [2.05, 4.69) is 15.5 Å². The van der Waals surface area contributed by atoms with Gasteiger partial charge in [-0.3, -0.25) is 9.59 Å². The summed E-state index contributed by atoms with van der Waals surface area (Å²) >= 11 is 1.25. The fourth-order valence-corrected chi connectivity index (χ4v) is 3.05. The molecule has 1 aliphatic rings. The van der Waals surface area contributed by atoms with Crippen molar-refractivity contribution in [1.82, 2.24) is 10.2 Å². The lowest BCUT2D eigenvalue weighted by molar-refractivity contribution is -0.140. The molecule has 2 N–H and O–H groups in total. The maximum atomic E-state index is 11.9. The van der Waals surface area contributed by atoms with Crippen LogP contribution in [-0.4, -0.2) is 27.2 Å². The quantitative estimate of drug-likeness (QED) is 0.851. The van der Waals surface area contributed by atoms with E-state index in [1.54, 1.807) is 0 Å². The molecule has 7 heteroatoms. The van der Waals surface area contributed by atoms with Crippen molar-refractivity contribution in [2.45, 2.75) is 38.5 Å². The lowest BCUT2D eigenvalue weighted by Gasteiger charge is -2.25. The van der Waals surface area contributed by atoms with E-state index in [0.29, 0.717) is 5.13 Å². The molecule has 1 amide bonds. The van der Waals surface area contributed by atoms with Gasteiger partial charge in [0.05, 0.1) is 6.42 Å². The number of rotatable bonds is 5. The predicted molar refractivity (Wildman–Crippen MR) is 66.3 cm³/mol. The zero-order valence-corrected chi connectivity index (χ0v) is 10.7. The molecule has 18 heavy (non-hydrogen) atoms. The molecular weight excluding hydrogens is 254 g/mol. The van der Waals surface area contributed by atoms with Crippen molar-refractivity contribution >= 4 is 28.3 Å². The van der Waals surface area contributed by atoms with E-state index >= 15 is 0 Å². The number of aromatic nitrogens is 2. The Hall–Kier alpha value is -1.50. The van der Waals surface area contributed by atoms with Gasteiger partial charge in [-0.25, -0.2) is 0 Å². The Balaban J connectivity index is 1.96. The minimum absolute atomic E-state index is 0.0660. The molecule has 0 radical (unpaired) electrons. The van der Waals surface area contributed by atoms with Gasteiger partial charge in [-0.05, 0) is 18.3 Å². The maximum absolute atomic E-state index is 11.9. The second-order valence-corrected chi connectivity index (χ2v) is 5.58. The van der Waals surface area contributed by atoms with Crippen molar-refractivity contribution in [3.63, 3.8) is 0 Å². The normalized spacial score (nSPS) is 17.6. The fraction of sp³-hybridized carbons (Fsp3) is 0.636. The molecule has 0 bridgehead atoms. The van der Waals surface area contributed by atoms with Crippen LogP contribution in [0.3, 0.4) is 0 Å². The number of amides is 1. The Kier molecular flexibility index (Phi) is 3.90. The Morgan fingerprint density at radius 1 is 1.39 bits per heavy atom. The van der Waals surface area contributed by atoms with Crippen LogP contribution in [0.25, 0.3) is 0 Å². The molecule has 1 aliphatic carbocycles. The summed E-state index contributed by atoms with van der Waals surface area (Å²) in [7, 11) is 0. The zero-order chi connectivity index (χ0) is 13.0. The van der Waals surface area contributed by atoms with Crippen molar-refractivity contribution in [3.05, 3.63) is 5.51 Å². The zero-order valence-electron chi connectivity index (χ0n) is 9.89. The maximum Gasteiger partial charge on any atom is 0.303 e. The van der Waals surface area contributed by atoms with Crippen molar-refractivity contribution < 1.29 is 14.7 Å². The molecule has 1 aromatic rings. The molecule has 1 fully saturated rings. The standard InChI is InChI=1S/C11H15N3O3S/c15-8(13-10-14-12-7-18-10)5-11(6-9(16)17)3-1-2-4-11/h7H,1-6H2,(H,16,17)(H,13,14,15). The average molecular weight is 269 g/mol. The van der Waals surface area contributed by atoms with Crippen LogP contribution >= 0.6 is 11.3 Å². The first-order valence-electron chi connectivity index (χ1n) is 5.87. The van der Waals surface area contributed by atoms with Crippen LogP contribution in [0.4, 0.5) is 5.13 Å². The number of carbonyl (C=O) groups is 2. The number of nitrogens with zero attached hydrogens (tertiary/aromatic N) is 2. The summed E-state index contributed by atoms with van der Waals surface area (Å²) in [5, 5.41) is 19.4. The van der Waals surface area contributed by atoms with Crippen molar-refractivity contribution in [1.29, 1.82) is 0 Å². The first-order chi connectivity index (χ1) is 8.60. The molecule has 0 unspecified atom stereocenters. The van der Waals surface area contributed by atoms with Gasteiger partial charge in [-0.15, -0.1) is 10.2 Å². The van der Waals surface area contributed by atoms with Gasteiger partial charge < -0.3 is 10.4 Å². The molecule has 0 aromatic carbocycles. The van der Waals surface area contributed by atoms with Crippen molar-refractivity contribution in [2.24, 2.45) is 5.41 Å². The molecule has 1 heterocycles. The van der Waals surface area contributed by atoms with Crippen LogP contribution in [0.2, 0.25) is 0 Å². The molecular formula is C11H15N3O3S. The first-order valence-corrected chi connectivity index (χ1v) is 6.75. The number of hydrogen-bond acceptors (Lipinski definition) is 5. The van der Waals surface area contributed by atoms with Gasteiger partial charge in [-0.2, -0.15) is 0 Å². The van der Waals surface area contributed by atoms with Crippen LogP contribution in [-0.2, 0) is 9.59 Å². The summed E-state index contributed by atoms with van der Waals surface area (Å²) in [6.07, 6.45) is 3.93. The lowest BCUT2D eigenvalue weighted by atomic mass is 9.79. The second-order valence-electron chi connectivity index (χ2n) is 4.75. The second kappa shape index (κ2) is 5.43. The summed E-state index contributed by atoms with van der Waals surface area (Å²) in [6.45, 7) is 0. The number of aliphatic carboxylic acids is 1. The van der Waals surface area contributed by atoms with E-state index in [9.17, 15) is 9.59 Å². The van der Waals surface area contributed by atoms with E-state index in [-0.39, 0.29) is 24.2 Å². The van der Waals surface area contributed by atoms with E-state index in [0.717, 1.165) is 25.7 Å². The molecule has 1 saturated carbocycles. The number of carboxylic acid groups (broad SMARTS) is 1. The summed E-state index contributed by atoms with van der Waals surface area (Å²) in [5.74, 6) is -1.00. The van der Waals surface area contributed by atoms with E-state index in [4.69, 9.17) is 5.11 Å². The summed E-state index contributed by atoms with van der Waals surface area (Å²) < 4.78 is 0. The van der Waals surface area contributed by atoms with Crippen molar-refractivity contribution in [3.8, 4) is 0 Å². The molecule has 0 aliphatic heterocycles. The first kappa shape index (κ1) is 12.9. The highest BCUT2D eigenvalue weighted by molar-refractivity contribution is 7.13. The van der Waals surface area contributed by atoms with Crippen molar-refractivity contribution in [2.75, 3.05) is 5.32 Å². The highest BCUT2D eigenvalue weighted by Crippen LogP contribution is 2.44. The number of nitrogens with one attached hydrogen (secondary N) is 1. The Bertz CT molecular complexity index is 427. The Labute approximate surface area is 108 Å². The molecule has 0 atom stereocenters. The lowest BCUT2D eigenvalue weighted by Crippen LogP contribution is -2.27. The fourth-order valence-electron chi connectivity index (χ4n) is 2.59. The third kappa shape index (κ3) is 3.25. The minimum Gasteiger partial charge on any atom is -0.481 e. The highest BCUT2D eigenvalue weighted by atomic mass is 32.1. The molecule has 2 rings (SSSR count). The topological polar surface area (TPSA) is 92.2 Å². The summed E-state index contributed by atoms with van der Waals surface area (Å²) in [6, 6.07) is 0. The molecule has 98 valence electrons. The van der Waals surface area contributed by atoms with E-state index in [1.807, 2.05) is 0 Å². The minimum atomic E-state index is -0.833. The summed E-state index contributed by atoms with van der Waals surface area (Å²) in [5.41, 5.74) is 1.17. The monoisotopic (exact) mass is 269 g/mol. The van der Waals surface area contributed by atoms with Crippen LogP contribution in [0, 0.1) is 5.41 Å². The Morgan fingerprint density at radius 2 is 2.11 bits per heavy atom. The third-order valence-electron chi connectivity index (χ3n) is 3.33. The number of anilines is 1. The summed E-state index contributed by atoms with van der Waals surface area (Å²) in [4.78, 5) is 22.8. The largest absolute Gasteiger partial charge is 0.481 e. The number of carbonyl (C=O) groups excluding carboxylic acids is 1. The van der Waals surface area contributed by atoms with Crippen LogP contribution < -0.4 is 5.32 Å². The molecule has 6 nitrogen and oxygen atoms in total.